The van der Waals surface area contributed by atoms with Gasteiger partial charge in [0.15, 0.2) is 0 Å². The van der Waals surface area contributed by atoms with E-state index < -0.39 is 5.91 Å². The Hall–Kier alpha value is -1.88. The minimum Gasteiger partial charge on any atom is -0.366 e. The lowest BCUT2D eigenvalue weighted by Gasteiger charge is -2.26. The first kappa shape index (κ1) is 15.5. The molecular formula is C16H23N3O2. The van der Waals surface area contributed by atoms with Crippen molar-refractivity contribution in [1.82, 2.24) is 9.80 Å². The van der Waals surface area contributed by atoms with E-state index in [9.17, 15) is 9.59 Å². The Bertz CT molecular complexity index is 525. The zero-order valence-corrected chi connectivity index (χ0v) is 12.9. The molecular weight excluding hydrogens is 266 g/mol. The number of carbonyl (C=O) groups excluding carboxylic acids is 2. The summed E-state index contributed by atoms with van der Waals surface area (Å²) in [4.78, 5) is 27.7. The van der Waals surface area contributed by atoms with E-state index in [1.165, 1.54) is 0 Å². The first-order chi connectivity index (χ1) is 9.90. The number of hydrogen-bond donors (Lipinski definition) is 1. The Morgan fingerprint density at radius 1 is 1.24 bits per heavy atom. The molecule has 1 heterocycles. The van der Waals surface area contributed by atoms with Crippen molar-refractivity contribution in [2.45, 2.75) is 32.4 Å². The fraction of sp³-hybridized carbons (Fsp3) is 0.500. The molecule has 0 aromatic heterocycles. The van der Waals surface area contributed by atoms with E-state index in [0.29, 0.717) is 17.2 Å². The minimum absolute atomic E-state index is 0.0124. The standard InChI is InChI=1S/C16H23N3O2/c1-11(2)19-9-8-14(10-19)18(3)16(21)13-6-4-12(5-7-13)15(17)20/h4-7,11,14H,8-10H2,1-3H3,(H2,17,20)/t14-/m0/s1. The summed E-state index contributed by atoms with van der Waals surface area (Å²) in [6, 6.07) is 7.27. The Kier molecular flexibility index (Phi) is 4.63. The third-order valence-electron chi connectivity index (χ3n) is 4.21. The van der Waals surface area contributed by atoms with Crippen LogP contribution in [0.4, 0.5) is 0 Å². The SMILES string of the molecule is CC(C)N1CC[C@H](N(C)C(=O)c2ccc(C(N)=O)cc2)C1. The van der Waals surface area contributed by atoms with E-state index in [2.05, 4.69) is 18.7 Å². The van der Waals surface area contributed by atoms with Gasteiger partial charge >= 0.3 is 0 Å². The predicted molar refractivity (Wildman–Crippen MR) is 82.2 cm³/mol. The van der Waals surface area contributed by atoms with Crippen LogP contribution < -0.4 is 5.73 Å². The molecule has 1 aromatic carbocycles. The fourth-order valence-electron chi connectivity index (χ4n) is 2.70. The predicted octanol–water partition coefficient (Wildman–Crippen LogP) is 1.34. The van der Waals surface area contributed by atoms with Gasteiger partial charge in [-0.2, -0.15) is 0 Å². The number of likely N-dealkylation sites (tertiary alicyclic amines) is 1. The number of rotatable bonds is 4. The van der Waals surface area contributed by atoms with Crippen molar-refractivity contribution < 1.29 is 9.59 Å². The van der Waals surface area contributed by atoms with E-state index in [0.717, 1.165) is 19.5 Å². The highest BCUT2D eigenvalue weighted by atomic mass is 16.2. The molecule has 2 amide bonds. The molecule has 5 heteroatoms. The zero-order chi connectivity index (χ0) is 15.6. The maximum absolute atomic E-state index is 12.5. The Balaban J connectivity index is 2.04. The van der Waals surface area contributed by atoms with Crippen LogP contribution in [0.15, 0.2) is 24.3 Å². The molecule has 1 saturated heterocycles. The van der Waals surface area contributed by atoms with Crippen LogP contribution in [0.2, 0.25) is 0 Å². The fourth-order valence-corrected chi connectivity index (χ4v) is 2.70. The minimum atomic E-state index is -0.481. The molecule has 2 N–H and O–H groups in total. The summed E-state index contributed by atoms with van der Waals surface area (Å²) in [6.45, 7) is 6.29. The molecule has 5 nitrogen and oxygen atoms in total. The van der Waals surface area contributed by atoms with Crippen molar-refractivity contribution in [3.63, 3.8) is 0 Å². The van der Waals surface area contributed by atoms with E-state index in [1.807, 2.05) is 11.9 Å². The van der Waals surface area contributed by atoms with Gasteiger partial charge in [0.25, 0.3) is 5.91 Å². The van der Waals surface area contributed by atoms with Crippen molar-refractivity contribution in [3.8, 4) is 0 Å². The van der Waals surface area contributed by atoms with Gasteiger partial charge in [-0.05, 0) is 44.5 Å². The smallest absolute Gasteiger partial charge is 0.253 e. The molecule has 0 bridgehead atoms. The maximum atomic E-state index is 12.5. The summed E-state index contributed by atoms with van der Waals surface area (Å²) in [6.07, 6.45) is 1.000. The molecule has 0 saturated carbocycles. The number of carbonyl (C=O) groups is 2. The molecule has 1 aliphatic rings. The van der Waals surface area contributed by atoms with Gasteiger partial charge in [0.2, 0.25) is 5.91 Å². The highest BCUT2D eigenvalue weighted by Gasteiger charge is 2.29. The number of amides is 2. The molecule has 1 aromatic rings. The Labute approximate surface area is 125 Å². The second-order valence-electron chi connectivity index (χ2n) is 5.89. The van der Waals surface area contributed by atoms with Crippen LogP contribution >= 0.6 is 0 Å². The monoisotopic (exact) mass is 289 g/mol. The summed E-state index contributed by atoms with van der Waals surface area (Å²) < 4.78 is 0. The van der Waals surface area contributed by atoms with Gasteiger partial charge in [-0.1, -0.05) is 0 Å². The van der Waals surface area contributed by atoms with E-state index in [1.54, 1.807) is 24.3 Å². The third-order valence-corrected chi connectivity index (χ3v) is 4.21. The van der Waals surface area contributed by atoms with Crippen LogP contribution in [0.5, 0.6) is 0 Å². The van der Waals surface area contributed by atoms with Gasteiger partial charge in [-0.15, -0.1) is 0 Å². The second-order valence-corrected chi connectivity index (χ2v) is 5.89. The van der Waals surface area contributed by atoms with Crippen LogP contribution in [0.3, 0.4) is 0 Å². The molecule has 1 aliphatic heterocycles. The van der Waals surface area contributed by atoms with Gasteiger partial charge in [0.1, 0.15) is 0 Å². The normalized spacial score (nSPS) is 19.0. The van der Waals surface area contributed by atoms with Crippen molar-refractivity contribution >= 4 is 11.8 Å². The summed E-state index contributed by atoms with van der Waals surface area (Å²) >= 11 is 0. The lowest BCUT2D eigenvalue weighted by molar-refractivity contribution is 0.0731. The quantitative estimate of drug-likeness (QED) is 0.909. The van der Waals surface area contributed by atoms with Crippen LogP contribution in [0, 0.1) is 0 Å². The largest absolute Gasteiger partial charge is 0.366 e. The summed E-state index contributed by atoms with van der Waals surface area (Å²) in [5, 5.41) is 0. The van der Waals surface area contributed by atoms with Gasteiger partial charge in [-0.3, -0.25) is 14.5 Å². The van der Waals surface area contributed by atoms with Gasteiger partial charge in [0, 0.05) is 43.3 Å². The van der Waals surface area contributed by atoms with Crippen LogP contribution in [0.25, 0.3) is 0 Å². The highest BCUT2D eigenvalue weighted by Crippen LogP contribution is 2.18. The van der Waals surface area contributed by atoms with E-state index >= 15 is 0 Å². The van der Waals surface area contributed by atoms with Gasteiger partial charge in [-0.25, -0.2) is 0 Å². The average Bonchev–Trinajstić information content (AvgIpc) is 2.96. The van der Waals surface area contributed by atoms with Crippen LogP contribution in [-0.4, -0.2) is 53.8 Å². The molecule has 1 fully saturated rings. The lowest BCUT2D eigenvalue weighted by Crippen LogP contribution is -2.40. The Morgan fingerprint density at radius 2 is 1.81 bits per heavy atom. The molecule has 21 heavy (non-hydrogen) atoms. The molecule has 0 unspecified atom stereocenters. The first-order valence-electron chi connectivity index (χ1n) is 7.31. The number of primary amides is 1. The van der Waals surface area contributed by atoms with Gasteiger partial charge in [0.05, 0.1) is 0 Å². The topological polar surface area (TPSA) is 66.6 Å². The first-order valence-corrected chi connectivity index (χ1v) is 7.31. The number of likely N-dealkylation sites (N-methyl/N-ethyl adjacent to an activating group) is 1. The second kappa shape index (κ2) is 6.26. The molecule has 2 rings (SSSR count). The molecule has 114 valence electrons. The Morgan fingerprint density at radius 3 is 2.29 bits per heavy atom. The third kappa shape index (κ3) is 3.42. The number of nitrogens with zero attached hydrogens (tertiary/aromatic N) is 2. The maximum Gasteiger partial charge on any atom is 0.253 e. The van der Waals surface area contributed by atoms with Crippen molar-refractivity contribution in [3.05, 3.63) is 35.4 Å². The van der Waals surface area contributed by atoms with Gasteiger partial charge < -0.3 is 10.6 Å². The summed E-state index contributed by atoms with van der Waals surface area (Å²) in [5.74, 6) is -0.493. The summed E-state index contributed by atoms with van der Waals surface area (Å²) in [7, 11) is 1.85. The summed E-state index contributed by atoms with van der Waals surface area (Å²) in [5.41, 5.74) is 6.21. The van der Waals surface area contributed by atoms with Crippen molar-refractivity contribution in [1.29, 1.82) is 0 Å². The number of nitrogens with two attached hydrogens (primary N) is 1. The van der Waals surface area contributed by atoms with Crippen molar-refractivity contribution in [2.24, 2.45) is 5.73 Å². The molecule has 0 aliphatic carbocycles. The molecule has 0 radical (unpaired) electrons. The number of hydrogen-bond acceptors (Lipinski definition) is 3. The van der Waals surface area contributed by atoms with Crippen LogP contribution in [-0.2, 0) is 0 Å². The zero-order valence-electron chi connectivity index (χ0n) is 12.9. The highest BCUT2D eigenvalue weighted by molar-refractivity contribution is 5.97. The van der Waals surface area contributed by atoms with Crippen molar-refractivity contribution in [2.75, 3.05) is 20.1 Å². The molecule has 0 spiro atoms. The van der Waals surface area contributed by atoms with E-state index in [-0.39, 0.29) is 11.9 Å². The lowest BCUT2D eigenvalue weighted by atomic mass is 10.1. The van der Waals surface area contributed by atoms with Crippen LogP contribution in [0.1, 0.15) is 41.0 Å². The average molecular weight is 289 g/mol. The molecule has 1 atom stereocenters. The number of benzene rings is 1. The van der Waals surface area contributed by atoms with E-state index in [4.69, 9.17) is 5.73 Å².